The molecule has 5 rings (SSSR count). The smallest absolute Gasteiger partial charge is 0.339 e. The van der Waals surface area contributed by atoms with E-state index in [2.05, 4.69) is 0 Å². The molecule has 4 fully saturated rings. The standard InChI is InChI=1S/C19H23NO5/c21-18(14-9-16-12-8-13(12)17(14)25-16)20-4-1-10(2-5-20)7-15-11(19(22)23)3-6-24-15/h3,6,10,12-14,16-17H,1-2,4-5,7-9H2,(H,22,23)/t12-,13+,14-,16+,17+/m1/s1. The Hall–Kier alpha value is -1.82. The van der Waals surface area contributed by atoms with Crippen LogP contribution in [-0.2, 0) is 16.0 Å². The van der Waals surface area contributed by atoms with E-state index in [9.17, 15) is 14.7 Å². The molecule has 0 radical (unpaired) electrons. The Kier molecular flexibility index (Phi) is 3.45. The molecule has 134 valence electrons. The predicted octanol–water partition coefficient (Wildman–Crippen LogP) is 2.18. The van der Waals surface area contributed by atoms with E-state index in [-0.39, 0.29) is 23.5 Å². The van der Waals surface area contributed by atoms with Crippen LogP contribution in [0.2, 0.25) is 0 Å². The van der Waals surface area contributed by atoms with E-state index in [4.69, 9.17) is 9.15 Å². The van der Waals surface area contributed by atoms with Crippen LogP contribution >= 0.6 is 0 Å². The maximum atomic E-state index is 12.9. The highest BCUT2D eigenvalue weighted by atomic mass is 16.5. The lowest BCUT2D eigenvalue weighted by molar-refractivity contribution is -0.139. The normalized spacial score (nSPS) is 36.5. The Morgan fingerprint density at radius 3 is 2.68 bits per heavy atom. The van der Waals surface area contributed by atoms with Gasteiger partial charge in [0.2, 0.25) is 5.91 Å². The van der Waals surface area contributed by atoms with Gasteiger partial charge in [-0.2, -0.15) is 0 Å². The molecule has 1 amide bonds. The van der Waals surface area contributed by atoms with Gasteiger partial charge in [-0.05, 0) is 49.5 Å². The van der Waals surface area contributed by atoms with Gasteiger partial charge in [-0.1, -0.05) is 0 Å². The second-order valence-electron chi connectivity index (χ2n) is 8.08. The van der Waals surface area contributed by atoms with Crippen LogP contribution in [0, 0.1) is 23.7 Å². The molecule has 3 saturated heterocycles. The number of likely N-dealkylation sites (tertiary alicyclic amines) is 1. The van der Waals surface area contributed by atoms with Crippen molar-refractivity contribution in [1.82, 2.24) is 4.90 Å². The molecule has 0 aromatic carbocycles. The number of nitrogens with zero attached hydrogens (tertiary/aromatic N) is 1. The average Bonchev–Trinajstić information content (AvgIpc) is 2.97. The van der Waals surface area contributed by atoms with Crippen LogP contribution < -0.4 is 0 Å². The molecule has 2 bridgehead atoms. The summed E-state index contributed by atoms with van der Waals surface area (Å²) in [4.78, 5) is 26.1. The zero-order valence-electron chi connectivity index (χ0n) is 14.1. The molecule has 1 aromatic heterocycles. The van der Waals surface area contributed by atoms with E-state index in [1.165, 1.54) is 18.8 Å². The molecule has 1 saturated carbocycles. The van der Waals surface area contributed by atoms with Crippen molar-refractivity contribution >= 4 is 11.9 Å². The first kappa shape index (κ1) is 15.4. The Bertz CT molecular complexity index is 704. The number of hydrogen-bond acceptors (Lipinski definition) is 4. The Morgan fingerprint density at radius 2 is 2.00 bits per heavy atom. The van der Waals surface area contributed by atoms with Crippen LogP contribution in [0.1, 0.15) is 41.8 Å². The summed E-state index contributed by atoms with van der Waals surface area (Å²) in [7, 11) is 0. The number of ether oxygens (including phenoxy) is 1. The van der Waals surface area contributed by atoms with Crippen LogP contribution in [0.4, 0.5) is 0 Å². The fourth-order valence-electron chi connectivity index (χ4n) is 5.24. The number of fused-ring (bicyclic) bond motifs is 5. The zero-order chi connectivity index (χ0) is 17.1. The molecule has 4 aliphatic rings. The number of piperidine rings is 1. The number of carboxylic acid groups (broad SMARTS) is 1. The number of furan rings is 1. The van der Waals surface area contributed by atoms with Gasteiger partial charge in [0.1, 0.15) is 11.3 Å². The quantitative estimate of drug-likeness (QED) is 0.905. The van der Waals surface area contributed by atoms with E-state index in [0.29, 0.717) is 30.1 Å². The summed E-state index contributed by atoms with van der Waals surface area (Å²) in [5.74, 6) is 1.74. The topological polar surface area (TPSA) is 80.0 Å². The molecule has 4 heterocycles. The molecule has 1 aliphatic carbocycles. The minimum absolute atomic E-state index is 0.0778. The second-order valence-corrected chi connectivity index (χ2v) is 8.08. The van der Waals surface area contributed by atoms with Crippen molar-refractivity contribution in [1.29, 1.82) is 0 Å². The summed E-state index contributed by atoms with van der Waals surface area (Å²) in [6.45, 7) is 1.52. The molecule has 0 unspecified atom stereocenters. The van der Waals surface area contributed by atoms with Crippen LogP contribution in [0.3, 0.4) is 0 Å². The minimum atomic E-state index is -0.939. The monoisotopic (exact) mass is 345 g/mol. The molecule has 5 atom stereocenters. The van der Waals surface area contributed by atoms with Gasteiger partial charge in [-0.25, -0.2) is 4.79 Å². The SMILES string of the molecule is O=C(O)c1ccoc1CC1CCN(C(=O)[C@@H]2C[C@@H]3O[C@H]2[C@H]2C[C@H]23)CC1. The van der Waals surface area contributed by atoms with Crippen molar-refractivity contribution in [2.24, 2.45) is 23.7 Å². The van der Waals surface area contributed by atoms with Crippen LogP contribution in [0.25, 0.3) is 0 Å². The number of carbonyl (C=O) groups is 2. The summed E-state index contributed by atoms with van der Waals surface area (Å²) in [5, 5.41) is 9.17. The summed E-state index contributed by atoms with van der Waals surface area (Å²) < 4.78 is 11.3. The first-order valence-electron chi connectivity index (χ1n) is 9.35. The van der Waals surface area contributed by atoms with E-state index in [1.807, 2.05) is 4.90 Å². The van der Waals surface area contributed by atoms with Crippen LogP contribution in [0.5, 0.6) is 0 Å². The molecule has 1 N–H and O–H groups in total. The summed E-state index contributed by atoms with van der Waals surface area (Å²) in [5.41, 5.74) is 0.261. The lowest BCUT2D eigenvalue weighted by Crippen LogP contribution is -2.44. The minimum Gasteiger partial charge on any atom is -0.478 e. The van der Waals surface area contributed by atoms with E-state index in [0.717, 1.165) is 38.3 Å². The first-order chi connectivity index (χ1) is 12.1. The third-order valence-corrected chi connectivity index (χ3v) is 6.70. The Balaban J connectivity index is 1.17. The van der Waals surface area contributed by atoms with Crippen molar-refractivity contribution < 1.29 is 23.8 Å². The van der Waals surface area contributed by atoms with Gasteiger partial charge < -0.3 is 19.2 Å². The molecule has 25 heavy (non-hydrogen) atoms. The van der Waals surface area contributed by atoms with Crippen molar-refractivity contribution in [3.8, 4) is 0 Å². The third kappa shape index (κ3) is 2.49. The number of hydrogen-bond donors (Lipinski definition) is 1. The highest BCUT2D eigenvalue weighted by Gasteiger charge is 2.64. The molecule has 6 heteroatoms. The fraction of sp³-hybridized carbons (Fsp3) is 0.684. The summed E-state index contributed by atoms with van der Waals surface area (Å²) >= 11 is 0. The maximum absolute atomic E-state index is 12.9. The van der Waals surface area contributed by atoms with Gasteiger partial charge in [0.05, 0.1) is 24.4 Å². The van der Waals surface area contributed by atoms with Gasteiger partial charge in [-0.3, -0.25) is 4.79 Å². The highest BCUT2D eigenvalue weighted by Crippen LogP contribution is 2.60. The molecular weight excluding hydrogens is 322 g/mol. The molecule has 6 nitrogen and oxygen atoms in total. The van der Waals surface area contributed by atoms with Gasteiger partial charge in [-0.15, -0.1) is 0 Å². The fourth-order valence-corrected chi connectivity index (χ4v) is 5.24. The van der Waals surface area contributed by atoms with Gasteiger partial charge >= 0.3 is 5.97 Å². The van der Waals surface area contributed by atoms with Crippen molar-refractivity contribution in [2.45, 2.75) is 44.3 Å². The van der Waals surface area contributed by atoms with E-state index in [1.54, 1.807) is 0 Å². The Morgan fingerprint density at radius 1 is 1.20 bits per heavy atom. The number of aromatic carboxylic acids is 1. The summed E-state index contributed by atoms with van der Waals surface area (Å²) in [6, 6.07) is 1.51. The lowest BCUT2D eigenvalue weighted by atomic mass is 9.86. The molecule has 0 spiro atoms. The third-order valence-electron chi connectivity index (χ3n) is 6.70. The lowest BCUT2D eigenvalue weighted by Gasteiger charge is -2.34. The van der Waals surface area contributed by atoms with Crippen molar-refractivity contribution in [3.63, 3.8) is 0 Å². The van der Waals surface area contributed by atoms with Crippen molar-refractivity contribution in [3.05, 3.63) is 23.7 Å². The largest absolute Gasteiger partial charge is 0.478 e. The predicted molar refractivity (Wildman–Crippen MR) is 87.0 cm³/mol. The summed E-state index contributed by atoms with van der Waals surface area (Å²) in [6.07, 6.45) is 6.58. The number of carboxylic acids is 1. The molecular formula is C19H23NO5. The van der Waals surface area contributed by atoms with Gasteiger partial charge in [0.25, 0.3) is 0 Å². The number of amides is 1. The van der Waals surface area contributed by atoms with E-state index < -0.39 is 5.97 Å². The molecule has 1 aromatic rings. The van der Waals surface area contributed by atoms with Crippen molar-refractivity contribution in [2.75, 3.05) is 13.1 Å². The maximum Gasteiger partial charge on any atom is 0.339 e. The van der Waals surface area contributed by atoms with E-state index >= 15 is 0 Å². The Labute approximate surface area is 146 Å². The first-order valence-corrected chi connectivity index (χ1v) is 9.35. The molecule has 3 aliphatic heterocycles. The van der Waals surface area contributed by atoms with Crippen LogP contribution in [0.15, 0.2) is 16.7 Å². The van der Waals surface area contributed by atoms with Gasteiger partial charge in [0, 0.05) is 19.5 Å². The highest BCUT2D eigenvalue weighted by molar-refractivity contribution is 5.88. The second kappa shape index (κ2) is 5.59. The average molecular weight is 345 g/mol. The number of rotatable bonds is 4. The van der Waals surface area contributed by atoms with Crippen LogP contribution in [-0.4, -0.2) is 47.2 Å². The number of carbonyl (C=O) groups excluding carboxylic acids is 1. The van der Waals surface area contributed by atoms with Gasteiger partial charge in [0.15, 0.2) is 0 Å². The zero-order valence-corrected chi connectivity index (χ0v) is 14.1.